The maximum absolute atomic E-state index is 6.24. The van der Waals surface area contributed by atoms with Crippen molar-refractivity contribution in [2.45, 2.75) is 78.2 Å². The van der Waals surface area contributed by atoms with Crippen LogP contribution in [-0.4, -0.2) is 22.6 Å². The highest BCUT2D eigenvalue weighted by Gasteiger charge is 2.18. The number of aryl methyl sites for hydroxylation is 1. The molecule has 1 N–H and O–H groups in total. The molecule has 0 saturated heterocycles. The second-order valence-electron chi connectivity index (χ2n) is 5.93. The second kappa shape index (κ2) is 8.20. The van der Waals surface area contributed by atoms with Gasteiger partial charge in [-0.2, -0.15) is 4.98 Å². The first-order valence-electron chi connectivity index (χ1n) is 8.52. The minimum atomic E-state index is 0.324. The van der Waals surface area contributed by atoms with E-state index in [0.29, 0.717) is 6.10 Å². The summed E-state index contributed by atoms with van der Waals surface area (Å²) in [6.45, 7) is 7.24. The zero-order chi connectivity index (χ0) is 15.1. The summed E-state index contributed by atoms with van der Waals surface area (Å²) in [6, 6.07) is 0. The van der Waals surface area contributed by atoms with Crippen molar-refractivity contribution >= 4 is 5.82 Å². The van der Waals surface area contributed by atoms with Gasteiger partial charge in [0.25, 0.3) is 0 Å². The number of hydrogen-bond donors (Lipinski definition) is 1. The molecule has 2 rings (SSSR count). The summed E-state index contributed by atoms with van der Waals surface area (Å²) in [5.41, 5.74) is 1.05. The number of aromatic nitrogens is 2. The van der Waals surface area contributed by atoms with Gasteiger partial charge in [-0.3, -0.25) is 0 Å². The summed E-state index contributed by atoms with van der Waals surface area (Å²) >= 11 is 0. The lowest BCUT2D eigenvalue weighted by Crippen LogP contribution is -2.18. The molecular weight excluding hydrogens is 262 g/mol. The summed E-state index contributed by atoms with van der Waals surface area (Å²) in [4.78, 5) is 9.21. The number of anilines is 1. The Labute approximate surface area is 128 Å². The third-order valence-corrected chi connectivity index (χ3v) is 4.09. The monoisotopic (exact) mass is 291 g/mol. The van der Waals surface area contributed by atoms with Gasteiger partial charge in [-0.25, -0.2) is 4.98 Å². The van der Waals surface area contributed by atoms with E-state index in [0.717, 1.165) is 55.3 Å². The Morgan fingerprint density at radius 3 is 2.43 bits per heavy atom. The standard InChI is InChI=1S/C17H29N3O/c1-4-12-18-16-13(3)17(20-15(5-2)19-16)21-14-10-8-6-7-9-11-14/h14H,4-12H2,1-3H3,(H,18,19,20). The lowest BCUT2D eigenvalue weighted by molar-refractivity contribution is 0.174. The van der Waals surface area contributed by atoms with E-state index in [1.54, 1.807) is 0 Å². The predicted molar refractivity (Wildman–Crippen MR) is 87.0 cm³/mol. The van der Waals surface area contributed by atoms with Crippen molar-refractivity contribution < 1.29 is 4.74 Å². The zero-order valence-electron chi connectivity index (χ0n) is 13.7. The fourth-order valence-electron chi connectivity index (χ4n) is 2.75. The molecule has 0 radical (unpaired) electrons. The summed E-state index contributed by atoms with van der Waals surface area (Å²) in [5.74, 6) is 2.59. The largest absolute Gasteiger partial charge is 0.474 e. The van der Waals surface area contributed by atoms with Gasteiger partial charge in [0.05, 0.1) is 5.56 Å². The van der Waals surface area contributed by atoms with E-state index in [1.807, 2.05) is 0 Å². The molecule has 0 atom stereocenters. The molecule has 1 aromatic rings. The molecule has 0 bridgehead atoms. The summed E-state index contributed by atoms with van der Waals surface area (Å²) in [7, 11) is 0. The normalized spacial score (nSPS) is 16.5. The van der Waals surface area contributed by atoms with Crippen LogP contribution in [0.1, 0.15) is 70.2 Å². The van der Waals surface area contributed by atoms with Crippen molar-refractivity contribution in [2.75, 3.05) is 11.9 Å². The molecule has 0 aromatic carbocycles. The number of nitrogens with zero attached hydrogens (tertiary/aromatic N) is 2. The summed E-state index contributed by atoms with van der Waals surface area (Å²) in [6.07, 6.45) is 9.78. The molecule has 0 unspecified atom stereocenters. The third-order valence-electron chi connectivity index (χ3n) is 4.09. The predicted octanol–water partition coefficient (Wildman–Crippen LogP) is 4.27. The van der Waals surface area contributed by atoms with E-state index in [-0.39, 0.29) is 0 Å². The first kappa shape index (κ1) is 16.1. The van der Waals surface area contributed by atoms with E-state index < -0.39 is 0 Å². The smallest absolute Gasteiger partial charge is 0.222 e. The van der Waals surface area contributed by atoms with E-state index in [4.69, 9.17) is 4.74 Å². The minimum absolute atomic E-state index is 0.324. The number of rotatable bonds is 6. The van der Waals surface area contributed by atoms with Crippen LogP contribution in [0, 0.1) is 6.92 Å². The maximum Gasteiger partial charge on any atom is 0.222 e. The molecule has 1 heterocycles. The van der Waals surface area contributed by atoms with Gasteiger partial charge < -0.3 is 10.1 Å². The maximum atomic E-state index is 6.24. The minimum Gasteiger partial charge on any atom is -0.474 e. The number of ether oxygens (including phenoxy) is 1. The molecule has 4 nitrogen and oxygen atoms in total. The van der Waals surface area contributed by atoms with Crippen molar-refractivity contribution in [1.29, 1.82) is 0 Å². The fraction of sp³-hybridized carbons (Fsp3) is 0.765. The van der Waals surface area contributed by atoms with E-state index >= 15 is 0 Å². The Morgan fingerprint density at radius 1 is 1.10 bits per heavy atom. The van der Waals surface area contributed by atoms with Crippen molar-refractivity contribution in [2.24, 2.45) is 0 Å². The Balaban J connectivity index is 2.15. The molecule has 4 heteroatoms. The van der Waals surface area contributed by atoms with Gasteiger partial charge in [0.2, 0.25) is 5.88 Å². The summed E-state index contributed by atoms with van der Waals surface area (Å²) < 4.78 is 6.24. The molecule has 1 aliphatic rings. The molecule has 1 saturated carbocycles. The Bertz CT molecular complexity index is 440. The molecule has 0 spiro atoms. The molecule has 21 heavy (non-hydrogen) atoms. The molecule has 0 amide bonds. The van der Waals surface area contributed by atoms with Crippen molar-refractivity contribution in [3.63, 3.8) is 0 Å². The molecule has 1 aromatic heterocycles. The van der Waals surface area contributed by atoms with Crippen LogP contribution in [0.4, 0.5) is 5.82 Å². The molecule has 118 valence electrons. The fourth-order valence-corrected chi connectivity index (χ4v) is 2.75. The SMILES string of the molecule is CCCNc1nc(CC)nc(OC2CCCCCC2)c1C. The first-order valence-corrected chi connectivity index (χ1v) is 8.52. The van der Waals surface area contributed by atoms with Crippen molar-refractivity contribution in [3.8, 4) is 5.88 Å². The van der Waals surface area contributed by atoms with Gasteiger partial charge in [0, 0.05) is 13.0 Å². The molecule has 1 fully saturated rings. The van der Waals surface area contributed by atoms with Crippen LogP contribution in [-0.2, 0) is 6.42 Å². The lowest BCUT2D eigenvalue weighted by atomic mass is 10.1. The van der Waals surface area contributed by atoms with E-state index in [9.17, 15) is 0 Å². The van der Waals surface area contributed by atoms with E-state index in [2.05, 4.69) is 36.1 Å². The number of nitrogens with one attached hydrogen (secondary N) is 1. The van der Waals surface area contributed by atoms with Crippen LogP contribution in [0.15, 0.2) is 0 Å². The van der Waals surface area contributed by atoms with Crippen molar-refractivity contribution in [1.82, 2.24) is 9.97 Å². The van der Waals surface area contributed by atoms with Gasteiger partial charge in [0.15, 0.2) is 0 Å². The van der Waals surface area contributed by atoms with Crippen LogP contribution in [0.3, 0.4) is 0 Å². The highest BCUT2D eigenvalue weighted by atomic mass is 16.5. The van der Waals surface area contributed by atoms with E-state index in [1.165, 1.54) is 25.7 Å². The van der Waals surface area contributed by atoms with Gasteiger partial charge in [-0.05, 0) is 39.0 Å². The van der Waals surface area contributed by atoms with Crippen molar-refractivity contribution in [3.05, 3.63) is 11.4 Å². The van der Waals surface area contributed by atoms with Crippen LogP contribution >= 0.6 is 0 Å². The van der Waals surface area contributed by atoms with Gasteiger partial charge in [0.1, 0.15) is 17.7 Å². The Hall–Kier alpha value is -1.32. The van der Waals surface area contributed by atoms with Gasteiger partial charge >= 0.3 is 0 Å². The number of hydrogen-bond acceptors (Lipinski definition) is 4. The average Bonchev–Trinajstić information content (AvgIpc) is 2.76. The zero-order valence-corrected chi connectivity index (χ0v) is 13.7. The van der Waals surface area contributed by atoms with Gasteiger partial charge in [-0.1, -0.05) is 26.7 Å². The Kier molecular flexibility index (Phi) is 6.27. The quantitative estimate of drug-likeness (QED) is 0.795. The lowest BCUT2D eigenvalue weighted by Gasteiger charge is -2.19. The van der Waals surface area contributed by atoms with Crippen LogP contribution < -0.4 is 10.1 Å². The van der Waals surface area contributed by atoms with Gasteiger partial charge in [-0.15, -0.1) is 0 Å². The first-order chi connectivity index (χ1) is 10.2. The van der Waals surface area contributed by atoms with Crippen LogP contribution in [0.5, 0.6) is 5.88 Å². The summed E-state index contributed by atoms with van der Waals surface area (Å²) in [5, 5.41) is 3.40. The highest BCUT2D eigenvalue weighted by molar-refractivity contribution is 5.48. The molecule has 0 aliphatic heterocycles. The second-order valence-corrected chi connectivity index (χ2v) is 5.93. The Morgan fingerprint density at radius 2 is 1.81 bits per heavy atom. The third kappa shape index (κ3) is 4.58. The van der Waals surface area contributed by atoms with Crippen LogP contribution in [0.2, 0.25) is 0 Å². The molecule has 1 aliphatic carbocycles. The highest BCUT2D eigenvalue weighted by Crippen LogP contribution is 2.27. The molecular formula is C17H29N3O. The topological polar surface area (TPSA) is 47.0 Å². The van der Waals surface area contributed by atoms with Crippen LogP contribution in [0.25, 0.3) is 0 Å². The average molecular weight is 291 g/mol.